The molecule has 4 heteroatoms. The highest BCUT2D eigenvalue weighted by molar-refractivity contribution is 7.12. The van der Waals surface area contributed by atoms with Crippen molar-refractivity contribution in [3.8, 4) is 0 Å². The fraction of sp³-hybridized carbons (Fsp3) is 0.267. The molecule has 3 rings (SSSR count). The van der Waals surface area contributed by atoms with E-state index in [4.69, 9.17) is 5.73 Å². The molecule has 0 aliphatic heterocycles. The number of aromatic nitrogens is 2. The maximum atomic E-state index is 6.29. The molecule has 3 aromatic rings. The third-order valence-corrected chi connectivity index (χ3v) is 4.54. The molecule has 0 aliphatic carbocycles. The number of nitrogens with two attached hydrogens (primary N) is 1. The van der Waals surface area contributed by atoms with Gasteiger partial charge in [-0.3, -0.25) is 0 Å². The van der Waals surface area contributed by atoms with Gasteiger partial charge in [0.05, 0.1) is 11.0 Å². The Balaban J connectivity index is 1.91. The van der Waals surface area contributed by atoms with E-state index in [-0.39, 0.29) is 6.04 Å². The van der Waals surface area contributed by atoms with Crippen LogP contribution in [-0.2, 0) is 13.5 Å². The molecule has 0 radical (unpaired) electrons. The minimum absolute atomic E-state index is 0.0224. The highest BCUT2D eigenvalue weighted by atomic mass is 32.1. The average Bonchev–Trinajstić information content (AvgIpc) is 2.96. The minimum Gasteiger partial charge on any atom is -0.331 e. The minimum atomic E-state index is 0.0224. The SMILES string of the molecule is Cc1ccc(C(N)Cc2nc3ccccc3n2C)s1. The van der Waals surface area contributed by atoms with Crippen LogP contribution in [0.25, 0.3) is 11.0 Å². The number of thiophene rings is 1. The van der Waals surface area contributed by atoms with Gasteiger partial charge in [0.1, 0.15) is 5.82 Å². The fourth-order valence-electron chi connectivity index (χ4n) is 2.33. The van der Waals surface area contributed by atoms with Crippen molar-refractivity contribution >= 4 is 22.4 Å². The summed E-state index contributed by atoms with van der Waals surface area (Å²) in [6.45, 7) is 2.11. The van der Waals surface area contributed by atoms with Crippen molar-refractivity contribution in [3.05, 3.63) is 52.0 Å². The second-order valence-corrected chi connectivity index (χ2v) is 6.15. The van der Waals surface area contributed by atoms with E-state index in [0.717, 1.165) is 23.3 Å². The van der Waals surface area contributed by atoms with Crippen LogP contribution >= 0.6 is 11.3 Å². The number of benzene rings is 1. The van der Waals surface area contributed by atoms with Crippen LogP contribution < -0.4 is 5.73 Å². The number of fused-ring (bicyclic) bond motifs is 1. The van der Waals surface area contributed by atoms with Gasteiger partial charge in [0.2, 0.25) is 0 Å². The lowest BCUT2D eigenvalue weighted by molar-refractivity contribution is 0.675. The molecular formula is C15H17N3S. The molecule has 0 fully saturated rings. The van der Waals surface area contributed by atoms with E-state index < -0.39 is 0 Å². The van der Waals surface area contributed by atoms with Crippen LogP contribution in [0.5, 0.6) is 0 Å². The van der Waals surface area contributed by atoms with Gasteiger partial charge in [-0.1, -0.05) is 12.1 Å². The van der Waals surface area contributed by atoms with Gasteiger partial charge < -0.3 is 10.3 Å². The summed E-state index contributed by atoms with van der Waals surface area (Å²) >= 11 is 1.77. The Morgan fingerprint density at radius 1 is 1.26 bits per heavy atom. The smallest absolute Gasteiger partial charge is 0.111 e. The molecular weight excluding hydrogens is 254 g/mol. The third-order valence-electron chi connectivity index (χ3n) is 3.41. The van der Waals surface area contributed by atoms with Gasteiger partial charge in [0, 0.05) is 29.3 Å². The molecule has 0 amide bonds. The normalized spacial score (nSPS) is 13.0. The molecule has 0 saturated carbocycles. The summed E-state index contributed by atoms with van der Waals surface area (Å²) in [6, 6.07) is 12.4. The molecule has 1 unspecified atom stereocenters. The molecule has 2 heterocycles. The van der Waals surface area contributed by atoms with Crippen LogP contribution in [0, 0.1) is 6.92 Å². The van der Waals surface area contributed by atoms with Crippen molar-refractivity contribution in [2.45, 2.75) is 19.4 Å². The lowest BCUT2D eigenvalue weighted by Gasteiger charge is -2.09. The number of imidazole rings is 1. The van der Waals surface area contributed by atoms with Crippen LogP contribution in [0.4, 0.5) is 0 Å². The van der Waals surface area contributed by atoms with Crippen molar-refractivity contribution < 1.29 is 0 Å². The summed E-state index contributed by atoms with van der Waals surface area (Å²) in [5.74, 6) is 1.04. The van der Waals surface area contributed by atoms with Crippen LogP contribution in [0.15, 0.2) is 36.4 Å². The molecule has 1 atom stereocenters. The van der Waals surface area contributed by atoms with Crippen LogP contribution in [0.2, 0.25) is 0 Å². The topological polar surface area (TPSA) is 43.8 Å². The molecule has 1 aromatic carbocycles. The first-order valence-electron chi connectivity index (χ1n) is 6.37. The zero-order chi connectivity index (χ0) is 13.4. The number of aryl methyl sites for hydroxylation is 2. The first-order chi connectivity index (χ1) is 9.15. The van der Waals surface area contributed by atoms with Gasteiger partial charge in [-0.15, -0.1) is 11.3 Å². The van der Waals surface area contributed by atoms with Crippen LogP contribution in [0.1, 0.15) is 21.6 Å². The second-order valence-electron chi connectivity index (χ2n) is 4.83. The molecule has 2 aromatic heterocycles. The molecule has 98 valence electrons. The predicted octanol–water partition coefficient (Wildman–Crippen LogP) is 3.19. The van der Waals surface area contributed by atoms with Gasteiger partial charge in [-0.25, -0.2) is 4.98 Å². The molecule has 0 spiro atoms. The number of nitrogens with zero attached hydrogens (tertiary/aromatic N) is 2. The van der Waals surface area contributed by atoms with Crippen molar-refractivity contribution in [3.63, 3.8) is 0 Å². The van der Waals surface area contributed by atoms with E-state index in [2.05, 4.69) is 41.7 Å². The largest absolute Gasteiger partial charge is 0.331 e. The molecule has 0 saturated heterocycles. The number of hydrogen-bond acceptors (Lipinski definition) is 3. The van der Waals surface area contributed by atoms with Gasteiger partial charge in [0.15, 0.2) is 0 Å². The van der Waals surface area contributed by atoms with E-state index in [1.54, 1.807) is 11.3 Å². The van der Waals surface area contributed by atoms with E-state index in [1.807, 2.05) is 18.2 Å². The Bertz CT molecular complexity index is 711. The maximum Gasteiger partial charge on any atom is 0.111 e. The standard InChI is InChI=1S/C15H17N3S/c1-10-7-8-14(19-10)11(16)9-15-17-12-5-3-4-6-13(12)18(15)2/h3-8,11H,9,16H2,1-2H3. The lowest BCUT2D eigenvalue weighted by Crippen LogP contribution is -2.14. The summed E-state index contributed by atoms with van der Waals surface area (Å²) in [5.41, 5.74) is 8.48. The zero-order valence-electron chi connectivity index (χ0n) is 11.1. The maximum absolute atomic E-state index is 6.29. The molecule has 0 aliphatic rings. The summed E-state index contributed by atoms with van der Waals surface area (Å²) in [5, 5.41) is 0. The predicted molar refractivity (Wildman–Crippen MR) is 80.4 cm³/mol. The summed E-state index contributed by atoms with van der Waals surface area (Å²) in [7, 11) is 2.05. The first-order valence-corrected chi connectivity index (χ1v) is 7.19. The summed E-state index contributed by atoms with van der Waals surface area (Å²) < 4.78 is 2.13. The second kappa shape index (κ2) is 4.79. The molecule has 19 heavy (non-hydrogen) atoms. The average molecular weight is 271 g/mol. The Morgan fingerprint density at radius 3 is 2.74 bits per heavy atom. The van der Waals surface area contributed by atoms with Crippen molar-refractivity contribution in [2.75, 3.05) is 0 Å². The van der Waals surface area contributed by atoms with E-state index in [9.17, 15) is 0 Å². The van der Waals surface area contributed by atoms with Crippen LogP contribution in [-0.4, -0.2) is 9.55 Å². The monoisotopic (exact) mass is 271 g/mol. The van der Waals surface area contributed by atoms with Crippen LogP contribution in [0.3, 0.4) is 0 Å². The zero-order valence-corrected chi connectivity index (χ0v) is 11.9. The Hall–Kier alpha value is -1.65. The quantitative estimate of drug-likeness (QED) is 0.795. The lowest BCUT2D eigenvalue weighted by atomic mass is 10.2. The van der Waals surface area contributed by atoms with Gasteiger partial charge in [-0.2, -0.15) is 0 Å². The van der Waals surface area contributed by atoms with E-state index >= 15 is 0 Å². The Kier molecular flexibility index (Phi) is 3.12. The van der Waals surface area contributed by atoms with Gasteiger partial charge in [0.25, 0.3) is 0 Å². The Morgan fingerprint density at radius 2 is 2.05 bits per heavy atom. The van der Waals surface area contributed by atoms with Gasteiger partial charge >= 0.3 is 0 Å². The number of rotatable bonds is 3. The summed E-state index contributed by atoms with van der Waals surface area (Å²) in [4.78, 5) is 7.20. The van der Waals surface area contributed by atoms with Crippen molar-refractivity contribution in [2.24, 2.45) is 12.8 Å². The van der Waals surface area contributed by atoms with E-state index in [1.165, 1.54) is 9.75 Å². The van der Waals surface area contributed by atoms with Gasteiger partial charge in [-0.05, 0) is 31.2 Å². The molecule has 2 N–H and O–H groups in total. The third kappa shape index (κ3) is 2.29. The van der Waals surface area contributed by atoms with E-state index in [0.29, 0.717) is 0 Å². The summed E-state index contributed by atoms with van der Waals surface area (Å²) in [6.07, 6.45) is 0.769. The highest BCUT2D eigenvalue weighted by Gasteiger charge is 2.14. The highest BCUT2D eigenvalue weighted by Crippen LogP contribution is 2.24. The number of para-hydroxylation sites is 2. The Labute approximate surface area is 116 Å². The first kappa shape index (κ1) is 12.4. The molecule has 0 bridgehead atoms. The van der Waals surface area contributed by atoms with Crippen molar-refractivity contribution in [1.82, 2.24) is 9.55 Å². The van der Waals surface area contributed by atoms with Crippen molar-refractivity contribution in [1.29, 1.82) is 0 Å². The number of hydrogen-bond donors (Lipinski definition) is 1. The molecule has 3 nitrogen and oxygen atoms in total. The fourth-order valence-corrected chi connectivity index (χ4v) is 3.21.